The van der Waals surface area contributed by atoms with E-state index in [1.165, 1.54) is 44.6 Å². The summed E-state index contributed by atoms with van der Waals surface area (Å²) in [5.41, 5.74) is 0. The molecule has 13 nitrogen and oxygen atoms in total. The van der Waals surface area contributed by atoms with Crippen molar-refractivity contribution in [3.8, 4) is 0 Å². The maximum Gasteiger partial charge on any atom is 0.472 e. The predicted molar refractivity (Wildman–Crippen MR) is 228 cm³/mol. The summed E-state index contributed by atoms with van der Waals surface area (Å²) in [7, 11) is -4.72. The molecule has 0 aromatic heterocycles. The molecule has 0 spiro atoms. The van der Waals surface area contributed by atoms with Gasteiger partial charge in [-0.05, 0) is 57.8 Å². The van der Waals surface area contributed by atoms with Crippen LogP contribution < -0.4 is 0 Å². The average molecular weight is 843 g/mol. The molecule has 334 valence electrons. The molecule has 0 aliphatic carbocycles. The zero-order chi connectivity index (χ0) is 43.1. The third-order valence-corrected chi connectivity index (χ3v) is 9.64. The van der Waals surface area contributed by atoms with Gasteiger partial charge in [0, 0.05) is 12.8 Å². The van der Waals surface area contributed by atoms with Crippen LogP contribution in [0.5, 0.6) is 0 Å². The molecule has 0 radical (unpaired) electrons. The van der Waals surface area contributed by atoms with Crippen LogP contribution in [0.1, 0.15) is 136 Å². The van der Waals surface area contributed by atoms with E-state index in [9.17, 15) is 39.5 Å². The molecule has 0 saturated carbocycles. The van der Waals surface area contributed by atoms with Crippen LogP contribution >= 0.6 is 7.82 Å². The van der Waals surface area contributed by atoms with Crippen molar-refractivity contribution in [2.45, 2.75) is 166 Å². The molecular formula is C44H75O13P. The number of phosphoric acid groups is 1. The van der Waals surface area contributed by atoms with Crippen molar-refractivity contribution in [3.05, 3.63) is 72.9 Å². The van der Waals surface area contributed by atoms with E-state index in [1.807, 2.05) is 19.1 Å². The lowest BCUT2D eigenvalue weighted by Gasteiger charge is -2.20. The number of rotatable bonds is 38. The number of phosphoric ester groups is 1. The first-order chi connectivity index (χ1) is 27.9. The molecular weight excluding hydrogens is 767 g/mol. The number of hydrogen-bond acceptors (Lipinski definition) is 12. The number of unbranched alkanes of at least 4 members (excludes halogenated alkanes) is 11. The van der Waals surface area contributed by atoms with Gasteiger partial charge in [0.1, 0.15) is 12.7 Å². The maximum absolute atomic E-state index is 12.6. The number of allylic oxidation sites excluding steroid dienone is 9. The molecule has 0 heterocycles. The summed E-state index contributed by atoms with van der Waals surface area (Å²) in [6.45, 7) is 1.75. The normalized spacial score (nSPS) is 16.2. The van der Waals surface area contributed by atoms with E-state index >= 15 is 0 Å². The van der Waals surface area contributed by atoms with Crippen LogP contribution in [0.4, 0.5) is 0 Å². The molecule has 0 amide bonds. The minimum absolute atomic E-state index is 0.0593. The molecule has 1 unspecified atom stereocenters. The topological polar surface area (TPSA) is 210 Å². The molecule has 0 fully saturated rings. The first-order valence-electron chi connectivity index (χ1n) is 21.2. The fraction of sp³-hybridized carbons (Fsp3) is 0.682. The molecule has 0 saturated heterocycles. The highest BCUT2D eigenvalue weighted by atomic mass is 31.2. The highest BCUT2D eigenvalue weighted by Crippen LogP contribution is 2.43. The van der Waals surface area contributed by atoms with Gasteiger partial charge in [-0.3, -0.25) is 18.6 Å². The number of carbonyl (C=O) groups excluding carboxylic acids is 2. The summed E-state index contributed by atoms with van der Waals surface area (Å²) in [5.74, 6) is -1.27. The van der Waals surface area contributed by atoms with Crippen LogP contribution in [0.2, 0.25) is 0 Å². The predicted octanol–water partition coefficient (Wildman–Crippen LogP) is 7.80. The summed E-state index contributed by atoms with van der Waals surface area (Å²) in [5, 5.41) is 48.7. The first-order valence-corrected chi connectivity index (χ1v) is 22.7. The van der Waals surface area contributed by atoms with E-state index in [0.717, 1.165) is 44.9 Å². The van der Waals surface area contributed by atoms with E-state index in [4.69, 9.17) is 19.1 Å². The van der Waals surface area contributed by atoms with Crippen molar-refractivity contribution in [2.24, 2.45) is 0 Å². The second-order valence-electron chi connectivity index (χ2n) is 14.2. The van der Waals surface area contributed by atoms with Crippen LogP contribution in [0.25, 0.3) is 0 Å². The average Bonchev–Trinajstić information content (AvgIpc) is 3.20. The SMILES string of the molecule is CC/C=C\C[C@H](O)/C=C/C=C/C=C\C=C/[C@@H](O)[C@H](O)CCCC(=O)O[C@H](COC(=O)CCCCCCC/C=C\CCCCCCCC)COP(=O)(O)OC[C@@H](O)CO. The van der Waals surface area contributed by atoms with Crippen LogP contribution in [0, 0.1) is 0 Å². The van der Waals surface area contributed by atoms with E-state index in [1.54, 1.807) is 42.5 Å². The van der Waals surface area contributed by atoms with Crippen molar-refractivity contribution < 1.29 is 63.1 Å². The Morgan fingerprint density at radius 1 is 0.638 bits per heavy atom. The lowest BCUT2D eigenvalue weighted by atomic mass is 10.1. The van der Waals surface area contributed by atoms with Crippen molar-refractivity contribution >= 4 is 19.8 Å². The number of esters is 2. The minimum atomic E-state index is -4.72. The van der Waals surface area contributed by atoms with Crippen LogP contribution in [-0.2, 0) is 32.7 Å². The molecule has 6 atom stereocenters. The maximum atomic E-state index is 12.6. The van der Waals surface area contributed by atoms with Gasteiger partial charge in [-0.15, -0.1) is 0 Å². The van der Waals surface area contributed by atoms with Gasteiger partial charge < -0.3 is 39.9 Å². The summed E-state index contributed by atoms with van der Waals surface area (Å²) >= 11 is 0. The fourth-order valence-electron chi connectivity index (χ4n) is 5.27. The second kappa shape index (κ2) is 38.5. The third kappa shape index (κ3) is 36.4. The third-order valence-electron chi connectivity index (χ3n) is 8.69. The Morgan fingerprint density at radius 2 is 1.21 bits per heavy atom. The van der Waals surface area contributed by atoms with Gasteiger partial charge in [0.15, 0.2) is 6.10 Å². The molecule has 0 bridgehead atoms. The van der Waals surface area contributed by atoms with Gasteiger partial charge in [-0.25, -0.2) is 4.57 Å². The smallest absolute Gasteiger partial charge is 0.462 e. The highest BCUT2D eigenvalue weighted by molar-refractivity contribution is 7.47. The standard InChI is InChI=1S/C44H75O13P/c1-3-5-7-8-9-10-11-12-13-14-15-16-17-22-26-32-43(50)54-36-40(37-56-58(52,53)55-35-39(47)34-45)57-44(51)33-27-31-42(49)41(48)30-25-21-19-18-20-24-29-38(46)28-23-6-4-2/h6,12-13,18-21,23-25,29-30,38-42,45-49H,3-5,7-11,14-17,22,26-28,31-37H2,1-2H3,(H,52,53)/b13-12-,20-18+,21-19-,23-6-,29-24+,30-25-/t38-,39-,40+,41+,42+/m0/s1. The monoisotopic (exact) mass is 842 g/mol. The number of ether oxygens (including phenoxy) is 2. The number of aliphatic hydroxyl groups is 5. The van der Waals surface area contributed by atoms with Crippen molar-refractivity contribution in [1.29, 1.82) is 0 Å². The fourth-order valence-corrected chi connectivity index (χ4v) is 6.06. The van der Waals surface area contributed by atoms with E-state index in [2.05, 4.69) is 23.6 Å². The van der Waals surface area contributed by atoms with Crippen LogP contribution in [-0.4, -0.2) is 99.3 Å². The second-order valence-corrected chi connectivity index (χ2v) is 15.7. The molecule has 0 aliphatic rings. The number of aliphatic hydroxyl groups excluding tert-OH is 5. The van der Waals surface area contributed by atoms with Crippen molar-refractivity contribution in [2.75, 3.05) is 26.4 Å². The lowest BCUT2D eigenvalue weighted by molar-refractivity contribution is -0.161. The van der Waals surface area contributed by atoms with Crippen molar-refractivity contribution in [1.82, 2.24) is 0 Å². The van der Waals surface area contributed by atoms with Gasteiger partial charge >= 0.3 is 19.8 Å². The van der Waals surface area contributed by atoms with Gasteiger partial charge in [-0.2, -0.15) is 0 Å². The van der Waals surface area contributed by atoms with Gasteiger partial charge in [-0.1, -0.05) is 138 Å². The largest absolute Gasteiger partial charge is 0.472 e. The molecule has 0 aliphatic heterocycles. The summed E-state index contributed by atoms with van der Waals surface area (Å²) in [6.07, 6.45) is 32.4. The lowest BCUT2D eigenvalue weighted by Crippen LogP contribution is -2.30. The Hall–Kier alpha value is -2.71. The number of hydrogen-bond donors (Lipinski definition) is 6. The zero-order valence-corrected chi connectivity index (χ0v) is 36.0. The summed E-state index contributed by atoms with van der Waals surface area (Å²) < 4.78 is 32.4. The Balaban J connectivity index is 4.68. The summed E-state index contributed by atoms with van der Waals surface area (Å²) in [6, 6.07) is 0. The van der Waals surface area contributed by atoms with Gasteiger partial charge in [0.2, 0.25) is 0 Å². The molecule has 0 aromatic rings. The van der Waals surface area contributed by atoms with E-state index in [0.29, 0.717) is 12.8 Å². The highest BCUT2D eigenvalue weighted by Gasteiger charge is 2.27. The molecule has 6 N–H and O–H groups in total. The van der Waals surface area contributed by atoms with Crippen molar-refractivity contribution in [3.63, 3.8) is 0 Å². The Labute approximate surface area is 347 Å². The Kier molecular flexibility index (Phi) is 36.7. The zero-order valence-electron chi connectivity index (χ0n) is 35.1. The first kappa shape index (κ1) is 55.3. The molecule has 0 rings (SSSR count). The molecule has 58 heavy (non-hydrogen) atoms. The van der Waals surface area contributed by atoms with Gasteiger partial charge in [0.25, 0.3) is 0 Å². The van der Waals surface area contributed by atoms with Crippen LogP contribution in [0.3, 0.4) is 0 Å². The number of carbonyl (C=O) groups is 2. The van der Waals surface area contributed by atoms with Crippen LogP contribution in [0.15, 0.2) is 72.9 Å². The van der Waals surface area contributed by atoms with E-state index in [-0.39, 0.29) is 25.7 Å². The minimum Gasteiger partial charge on any atom is -0.462 e. The molecule has 0 aromatic carbocycles. The molecule has 14 heteroatoms. The Morgan fingerprint density at radius 3 is 1.84 bits per heavy atom. The van der Waals surface area contributed by atoms with Gasteiger partial charge in [0.05, 0.1) is 38.1 Å². The quantitative estimate of drug-likeness (QED) is 0.0115. The summed E-state index contributed by atoms with van der Waals surface area (Å²) in [4.78, 5) is 35.0. The Bertz CT molecular complexity index is 1250. The van der Waals surface area contributed by atoms with E-state index < -0.39 is 76.7 Å².